The van der Waals surface area contributed by atoms with E-state index >= 15 is 0 Å². The van der Waals surface area contributed by atoms with Crippen LogP contribution in [0.3, 0.4) is 0 Å². The van der Waals surface area contributed by atoms with E-state index in [1.807, 2.05) is 19.9 Å². The van der Waals surface area contributed by atoms with E-state index in [-0.39, 0.29) is 48.5 Å². The monoisotopic (exact) mass is 1260 g/mol. The molecule has 0 radical (unpaired) electrons. The zero-order valence-corrected chi connectivity index (χ0v) is 48.9. The van der Waals surface area contributed by atoms with Crippen molar-refractivity contribution in [3.05, 3.63) is 162 Å². The van der Waals surface area contributed by atoms with Gasteiger partial charge in [-0.2, -0.15) is 15.3 Å². The normalized spacial score (nSPS) is 11.1. The zero-order chi connectivity index (χ0) is 56.5. The highest BCUT2D eigenvalue weighted by molar-refractivity contribution is 9.11. The van der Waals surface area contributed by atoms with Crippen molar-refractivity contribution in [1.29, 1.82) is 0 Å². The maximum Gasteiger partial charge on any atom is 0.357 e. The lowest BCUT2D eigenvalue weighted by Crippen LogP contribution is -2.12. The standard InChI is InChI=1S/C19H19BrFN3O2.C19H17BrFN3O2.C19H19BrFN3O2/c2*1-4-26-19(25)17-9-13(7-11(2)3)24-18(22-17)10-16(23-24)14-6-5-12(20)8-15(14)21;1-4-26-19(25)16-9-12(8-11(2)3)24-17(22-16)10-15(23-24)13-6-5-7-14(20)18(13)21/h5-6,8-11H,4,7H2,1-3H3;5-10H,4H2,1-3H3;5-7,9-11H,4,8H2,1-3H3. The number of esters is 3. The number of allylic oxidation sites excluding steroid dienone is 1. The number of carbonyl (C=O) groups excluding carboxylic acids is 3. The summed E-state index contributed by atoms with van der Waals surface area (Å²) in [5, 5.41) is 13.5. The third-order valence-electron chi connectivity index (χ3n) is 11.2. The minimum absolute atomic E-state index is 0.189. The van der Waals surface area contributed by atoms with Gasteiger partial charge in [0.25, 0.3) is 0 Å². The summed E-state index contributed by atoms with van der Waals surface area (Å²) in [7, 11) is 0. The summed E-state index contributed by atoms with van der Waals surface area (Å²) in [5.41, 5.74) is 7.91. The Kier molecular flexibility index (Phi) is 19.6. The van der Waals surface area contributed by atoms with Gasteiger partial charge >= 0.3 is 17.9 Å². The topological polar surface area (TPSA) is 169 Å². The Morgan fingerprint density at radius 1 is 0.538 bits per heavy atom. The third-order valence-corrected chi connectivity index (χ3v) is 12.8. The Balaban J connectivity index is 0.000000170. The van der Waals surface area contributed by atoms with Crippen LogP contribution in [0.5, 0.6) is 0 Å². The number of fused-ring (bicyclic) bond motifs is 3. The molecule has 406 valence electrons. The van der Waals surface area contributed by atoms with E-state index in [4.69, 9.17) is 14.2 Å². The van der Waals surface area contributed by atoms with Crippen molar-refractivity contribution in [1.82, 2.24) is 43.8 Å². The molecule has 6 heterocycles. The van der Waals surface area contributed by atoms with Crippen molar-refractivity contribution in [3.8, 4) is 33.8 Å². The van der Waals surface area contributed by atoms with Gasteiger partial charge in [-0.15, -0.1) is 0 Å². The van der Waals surface area contributed by atoms with Crippen LogP contribution in [0.25, 0.3) is 56.8 Å². The molecule has 0 saturated heterocycles. The van der Waals surface area contributed by atoms with Crippen molar-refractivity contribution in [3.63, 3.8) is 0 Å². The molecule has 0 unspecified atom stereocenters. The Hall–Kier alpha value is -7.10. The molecule has 0 aliphatic rings. The highest BCUT2D eigenvalue weighted by atomic mass is 79.9. The van der Waals surface area contributed by atoms with Crippen LogP contribution in [0.4, 0.5) is 13.2 Å². The molecule has 9 rings (SSSR count). The molecule has 0 N–H and O–H groups in total. The number of nitrogens with zero attached hydrogens (tertiary/aromatic N) is 9. The Labute approximate surface area is 473 Å². The Morgan fingerprint density at radius 2 is 0.936 bits per heavy atom. The van der Waals surface area contributed by atoms with Gasteiger partial charge < -0.3 is 14.2 Å². The average Bonchev–Trinajstić information content (AvgIpc) is 4.18. The molecule has 21 heteroatoms. The van der Waals surface area contributed by atoms with Gasteiger partial charge in [0.2, 0.25) is 0 Å². The van der Waals surface area contributed by atoms with E-state index < -0.39 is 23.7 Å². The van der Waals surface area contributed by atoms with Crippen LogP contribution in [0.1, 0.15) is 111 Å². The van der Waals surface area contributed by atoms with Gasteiger partial charge in [-0.3, -0.25) is 0 Å². The molecule has 0 saturated carbocycles. The summed E-state index contributed by atoms with van der Waals surface area (Å²) in [6.45, 7) is 18.2. The smallest absolute Gasteiger partial charge is 0.357 e. The molecule has 0 aliphatic heterocycles. The second-order valence-corrected chi connectivity index (χ2v) is 21.3. The van der Waals surface area contributed by atoms with Gasteiger partial charge in [-0.1, -0.05) is 71.2 Å². The van der Waals surface area contributed by atoms with Crippen LogP contribution in [0.2, 0.25) is 0 Å². The highest BCUT2D eigenvalue weighted by Crippen LogP contribution is 2.30. The molecular weight excluding hydrogens is 1200 g/mol. The number of ether oxygens (including phenoxy) is 3. The van der Waals surface area contributed by atoms with E-state index in [9.17, 15) is 27.6 Å². The minimum atomic E-state index is -0.504. The lowest BCUT2D eigenvalue weighted by atomic mass is 10.1. The van der Waals surface area contributed by atoms with Crippen LogP contribution in [0, 0.1) is 29.3 Å². The van der Waals surface area contributed by atoms with Crippen LogP contribution in [-0.4, -0.2) is 81.5 Å². The van der Waals surface area contributed by atoms with Crippen molar-refractivity contribution in [2.45, 2.75) is 75.2 Å². The van der Waals surface area contributed by atoms with Gasteiger partial charge in [0.05, 0.1) is 47.1 Å². The van der Waals surface area contributed by atoms with Crippen molar-refractivity contribution < 1.29 is 41.8 Å². The maximum atomic E-state index is 14.4. The molecule has 0 bridgehead atoms. The number of benzene rings is 3. The fraction of sp³-hybridized carbons (Fsp3) is 0.281. The highest BCUT2D eigenvalue weighted by Gasteiger charge is 2.21. The van der Waals surface area contributed by atoms with Crippen molar-refractivity contribution >= 4 is 88.7 Å². The molecule has 0 spiro atoms. The van der Waals surface area contributed by atoms with Gasteiger partial charge in [-0.25, -0.2) is 56.1 Å². The van der Waals surface area contributed by atoms with E-state index in [0.29, 0.717) is 94.5 Å². The first-order valence-corrected chi connectivity index (χ1v) is 27.3. The van der Waals surface area contributed by atoms with E-state index in [0.717, 1.165) is 17.0 Å². The molecule has 0 amide bonds. The van der Waals surface area contributed by atoms with Crippen LogP contribution < -0.4 is 0 Å². The summed E-state index contributed by atoms with van der Waals surface area (Å²) in [6.07, 6.45) is 3.29. The summed E-state index contributed by atoms with van der Waals surface area (Å²) < 4.78 is 64.8. The van der Waals surface area contributed by atoms with Gasteiger partial charge in [-0.05, 0) is 148 Å². The second kappa shape index (κ2) is 26.0. The van der Waals surface area contributed by atoms with Gasteiger partial charge in [0, 0.05) is 55.2 Å². The van der Waals surface area contributed by atoms with Crippen LogP contribution in [0.15, 0.2) is 110 Å². The molecule has 0 aliphatic carbocycles. The fourth-order valence-corrected chi connectivity index (χ4v) is 9.05. The quantitative estimate of drug-likeness (QED) is 0.0747. The Morgan fingerprint density at radius 3 is 1.33 bits per heavy atom. The number of aromatic nitrogens is 9. The van der Waals surface area contributed by atoms with Crippen LogP contribution in [-0.2, 0) is 27.1 Å². The van der Waals surface area contributed by atoms with Crippen molar-refractivity contribution in [2.24, 2.45) is 11.8 Å². The van der Waals surface area contributed by atoms with Gasteiger partial charge in [0.1, 0.15) is 17.5 Å². The lowest BCUT2D eigenvalue weighted by molar-refractivity contribution is 0.0510. The molecule has 3 aromatic carbocycles. The SMILES string of the molecule is CCOC(=O)c1cc(C=C(C)C)n2nc(-c3ccc(Br)cc3F)cc2n1.CCOC(=O)c1cc(CC(C)C)n2nc(-c3ccc(Br)cc3F)cc2n1.CCOC(=O)c1cc(CC(C)C)n2nc(-c3cccc(Br)c3F)cc2n1. The molecular formula is C57H55Br3F3N9O6. The number of halogens is 6. The predicted octanol–water partition coefficient (Wildman–Crippen LogP) is 14.2. The van der Waals surface area contributed by atoms with E-state index in [2.05, 4.69) is 106 Å². The molecule has 0 fully saturated rings. The molecule has 0 atom stereocenters. The zero-order valence-electron chi connectivity index (χ0n) is 44.2. The number of hydrogen-bond donors (Lipinski definition) is 0. The summed E-state index contributed by atoms with van der Waals surface area (Å²) >= 11 is 9.69. The van der Waals surface area contributed by atoms with E-state index in [1.165, 1.54) is 12.1 Å². The molecule has 9 aromatic rings. The minimum Gasteiger partial charge on any atom is -0.461 e. The van der Waals surface area contributed by atoms with Crippen LogP contribution >= 0.6 is 47.8 Å². The predicted molar refractivity (Wildman–Crippen MR) is 303 cm³/mol. The molecule has 78 heavy (non-hydrogen) atoms. The summed E-state index contributed by atoms with van der Waals surface area (Å²) in [4.78, 5) is 49.4. The van der Waals surface area contributed by atoms with Crippen molar-refractivity contribution in [2.75, 3.05) is 19.8 Å². The lowest BCUT2D eigenvalue weighted by Gasteiger charge is -2.09. The number of hydrogen-bond acceptors (Lipinski definition) is 12. The fourth-order valence-electron chi connectivity index (χ4n) is 8.02. The largest absolute Gasteiger partial charge is 0.461 e. The molecule has 15 nitrogen and oxygen atoms in total. The third kappa shape index (κ3) is 14.1. The second-order valence-electron chi connectivity index (χ2n) is 18.7. The van der Waals surface area contributed by atoms with E-state index in [1.54, 1.807) is 113 Å². The maximum absolute atomic E-state index is 14.4. The Bertz CT molecular complexity index is 3720. The first-order valence-electron chi connectivity index (χ1n) is 24.9. The first-order chi connectivity index (χ1) is 37.2. The first kappa shape index (κ1) is 58.6. The summed E-state index contributed by atoms with van der Waals surface area (Å²) in [6, 6.07) is 24.7. The molecule has 6 aromatic heterocycles. The number of rotatable bonds is 14. The summed E-state index contributed by atoms with van der Waals surface area (Å²) in [5.74, 6) is -1.90. The number of carbonyl (C=O) groups is 3. The average molecular weight is 1260 g/mol. The van der Waals surface area contributed by atoms with Gasteiger partial charge in [0.15, 0.2) is 34.0 Å².